The molecule has 0 radical (unpaired) electrons. The summed E-state index contributed by atoms with van der Waals surface area (Å²) in [4.78, 5) is 1.40. The van der Waals surface area contributed by atoms with E-state index in [0.29, 0.717) is 0 Å². The molecule has 1 aromatic heterocycles. The van der Waals surface area contributed by atoms with Crippen LogP contribution in [0, 0.1) is 12.7 Å². The Morgan fingerprint density at radius 2 is 2.00 bits per heavy atom. The number of hydrogen-bond donors (Lipinski definition) is 1. The molecular formula is C18H24FNS. The molecule has 1 N–H and O–H groups in total. The predicted octanol–water partition coefficient (Wildman–Crippen LogP) is 5.04. The number of hydrogen-bond acceptors (Lipinski definition) is 2. The van der Waals surface area contributed by atoms with Gasteiger partial charge in [0.15, 0.2) is 0 Å². The van der Waals surface area contributed by atoms with Crippen LogP contribution >= 0.6 is 11.3 Å². The van der Waals surface area contributed by atoms with Crippen molar-refractivity contribution in [3.8, 4) is 0 Å². The van der Waals surface area contributed by atoms with E-state index in [1.54, 1.807) is 17.4 Å². The first-order valence-corrected chi connectivity index (χ1v) is 8.58. The third kappa shape index (κ3) is 4.14. The average Bonchev–Trinajstić information content (AvgIpc) is 2.95. The fraction of sp³-hybridized carbons (Fsp3) is 0.444. The maximum atomic E-state index is 13.5. The summed E-state index contributed by atoms with van der Waals surface area (Å²) >= 11 is 1.81. The number of thiophene rings is 1. The van der Waals surface area contributed by atoms with Crippen LogP contribution in [0.15, 0.2) is 29.6 Å². The maximum Gasteiger partial charge on any atom is 0.123 e. The Labute approximate surface area is 131 Å². The van der Waals surface area contributed by atoms with Gasteiger partial charge in [0.05, 0.1) is 0 Å². The Bertz CT molecular complexity index is 576. The zero-order valence-electron chi connectivity index (χ0n) is 13.1. The van der Waals surface area contributed by atoms with Crippen molar-refractivity contribution in [1.82, 2.24) is 5.32 Å². The van der Waals surface area contributed by atoms with Crippen LogP contribution in [0.3, 0.4) is 0 Å². The van der Waals surface area contributed by atoms with Crippen LogP contribution in [0.1, 0.15) is 47.9 Å². The molecule has 0 bridgehead atoms. The van der Waals surface area contributed by atoms with Gasteiger partial charge in [-0.05, 0) is 73.0 Å². The van der Waals surface area contributed by atoms with E-state index < -0.39 is 0 Å². The molecule has 0 aliphatic carbocycles. The summed E-state index contributed by atoms with van der Waals surface area (Å²) in [5.41, 5.74) is 3.66. The molecule has 0 aliphatic rings. The van der Waals surface area contributed by atoms with Gasteiger partial charge >= 0.3 is 0 Å². The second-order valence-corrected chi connectivity index (χ2v) is 6.39. The van der Waals surface area contributed by atoms with Gasteiger partial charge in [0.2, 0.25) is 0 Å². The van der Waals surface area contributed by atoms with Crippen molar-refractivity contribution < 1.29 is 4.39 Å². The third-order valence-electron chi connectivity index (χ3n) is 3.85. The average molecular weight is 305 g/mol. The van der Waals surface area contributed by atoms with Gasteiger partial charge < -0.3 is 5.32 Å². The molecule has 114 valence electrons. The molecule has 2 rings (SSSR count). The largest absolute Gasteiger partial charge is 0.309 e. The molecule has 1 nitrogen and oxygen atoms in total. The highest BCUT2D eigenvalue weighted by atomic mass is 32.1. The summed E-state index contributed by atoms with van der Waals surface area (Å²) < 4.78 is 13.5. The van der Waals surface area contributed by atoms with Crippen molar-refractivity contribution >= 4 is 11.3 Å². The molecule has 1 heterocycles. The first-order valence-electron chi connectivity index (χ1n) is 7.70. The van der Waals surface area contributed by atoms with Crippen LogP contribution in [0.25, 0.3) is 0 Å². The van der Waals surface area contributed by atoms with E-state index in [0.717, 1.165) is 36.9 Å². The van der Waals surface area contributed by atoms with Gasteiger partial charge in [0, 0.05) is 10.9 Å². The van der Waals surface area contributed by atoms with E-state index in [4.69, 9.17) is 0 Å². The fourth-order valence-corrected chi connectivity index (χ4v) is 3.67. The Morgan fingerprint density at radius 3 is 2.71 bits per heavy atom. The van der Waals surface area contributed by atoms with E-state index in [-0.39, 0.29) is 11.9 Å². The van der Waals surface area contributed by atoms with Gasteiger partial charge in [-0.3, -0.25) is 0 Å². The van der Waals surface area contributed by atoms with Gasteiger partial charge in [-0.2, -0.15) is 0 Å². The van der Waals surface area contributed by atoms with Crippen LogP contribution in [-0.2, 0) is 12.8 Å². The second kappa shape index (κ2) is 7.71. The lowest BCUT2D eigenvalue weighted by Crippen LogP contribution is -2.24. The minimum Gasteiger partial charge on any atom is -0.309 e. The summed E-state index contributed by atoms with van der Waals surface area (Å²) in [5, 5.41) is 5.79. The molecule has 2 aromatic rings. The van der Waals surface area contributed by atoms with Crippen LogP contribution in [-0.4, -0.2) is 6.54 Å². The highest BCUT2D eigenvalue weighted by Crippen LogP contribution is 2.29. The summed E-state index contributed by atoms with van der Waals surface area (Å²) in [7, 11) is 0. The quantitative estimate of drug-likeness (QED) is 0.755. The Balaban J connectivity index is 2.26. The Hall–Kier alpha value is -1.19. The number of halogens is 1. The van der Waals surface area contributed by atoms with Crippen molar-refractivity contribution in [3.05, 3.63) is 57.0 Å². The molecule has 3 heteroatoms. The van der Waals surface area contributed by atoms with Crippen molar-refractivity contribution in [1.29, 1.82) is 0 Å². The van der Waals surface area contributed by atoms with E-state index >= 15 is 0 Å². The minimum atomic E-state index is -0.147. The molecule has 0 aliphatic heterocycles. The van der Waals surface area contributed by atoms with Crippen LogP contribution < -0.4 is 5.32 Å². The van der Waals surface area contributed by atoms with Crippen molar-refractivity contribution in [3.63, 3.8) is 0 Å². The lowest BCUT2D eigenvalue weighted by Gasteiger charge is -2.20. The zero-order valence-corrected chi connectivity index (χ0v) is 13.9. The van der Waals surface area contributed by atoms with E-state index in [2.05, 4.69) is 37.5 Å². The first kappa shape index (κ1) is 16.2. The topological polar surface area (TPSA) is 12.0 Å². The number of benzene rings is 1. The maximum absolute atomic E-state index is 13.5. The molecule has 21 heavy (non-hydrogen) atoms. The third-order valence-corrected chi connectivity index (χ3v) is 4.93. The molecule has 1 unspecified atom stereocenters. The van der Waals surface area contributed by atoms with Gasteiger partial charge in [-0.1, -0.05) is 19.9 Å². The predicted molar refractivity (Wildman–Crippen MR) is 89.6 cm³/mol. The van der Waals surface area contributed by atoms with E-state index in [1.807, 2.05) is 6.07 Å². The first-order chi connectivity index (χ1) is 10.2. The van der Waals surface area contributed by atoms with Gasteiger partial charge in [-0.15, -0.1) is 11.3 Å². The van der Waals surface area contributed by atoms with E-state index in [9.17, 15) is 4.39 Å². The normalized spacial score (nSPS) is 12.6. The number of nitrogens with one attached hydrogen (secondary N) is 1. The Kier molecular flexibility index (Phi) is 5.95. The SMILES string of the molecule is CCCNC(Cc1cc(F)ccc1C)c1sccc1CC. The van der Waals surface area contributed by atoms with Gasteiger partial charge in [-0.25, -0.2) is 4.39 Å². The number of aryl methyl sites for hydroxylation is 2. The second-order valence-electron chi connectivity index (χ2n) is 5.45. The summed E-state index contributed by atoms with van der Waals surface area (Å²) in [5.74, 6) is -0.147. The zero-order chi connectivity index (χ0) is 15.2. The highest BCUT2D eigenvalue weighted by Gasteiger charge is 2.17. The molecule has 0 fully saturated rings. The smallest absolute Gasteiger partial charge is 0.123 e. The number of rotatable bonds is 7. The van der Waals surface area contributed by atoms with Gasteiger partial charge in [0.1, 0.15) is 5.82 Å². The molecule has 0 saturated carbocycles. The molecule has 0 saturated heterocycles. The fourth-order valence-electron chi connectivity index (χ4n) is 2.60. The molecule has 1 aromatic carbocycles. The lowest BCUT2D eigenvalue weighted by molar-refractivity contribution is 0.530. The van der Waals surface area contributed by atoms with E-state index in [1.165, 1.54) is 16.5 Å². The van der Waals surface area contributed by atoms with Crippen molar-refractivity contribution in [2.45, 2.75) is 46.1 Å². The van der Waals surface area contributed by atoms with Gasteiger partial charge in [0.25, 0.3) is 0 Å². The van der Waals surface area contributed by atoms with Crippen LogP contribution in [0.2, 0.25) is 0 Å². The molecule has 0 amide bonds. The molecule has 1 atom stereocenters. The highest BCUT2D eigenvalue weighted by molar-refractivity contribution is 7.10. The molecule has 0 spiro atoms. The van der Waals surface area contributed by atoms with Crippen molar-refractivity contribution in [2.24, 2.45) is 0 Å². The summed E-state index contributed by atoms with van der Waals surface area (Å²) in [6, 6.07) is 7.57. The summed E-state index contributed by atoms with van der Waals surface area (Å²) in [6.45, 7) is 7.41. The molecular weight excluding hydrogens is 281 g/mol. The standard InChI is InChI=1S/C18H24FNS/c1-4-9-20-17(18-14(5-2)8-10-21-18)12-15-11-16(19)7-6-13(15)3/h6-8,10-11,17,20H,4-5,9,12H2,1-3H3. The lowest BCUT2D eigenvalue weighted by atomic mass is 9.98. The minimum absolute atomic E-state index is 0.147. The van der Waals surface area contributed by atoms with Crippen LogP contribution in [0.4, 0.5) is 4.39 Å². The Morgan fingerprint density at radius 1 is 1.19 bits per heavy atom. The summed E-state index contributed by atoms with van der Waals surface area (Å²) in [6.07, 6.45) is 2.99. The van der Waals surface area contributed by atoms with Crippen molar-refractivity contribution in [2.75, 3.05) is 6.54 Å². The van der Waals surface area contributed by atoms with Crippen LogP contribution in [0.5, 0.6) is 0 Å². The monoisotopic (exact) mass is 305 g/mol.